The van der Waals surface area contributed by atoms with Crippen molar-refractivity contribution in [2.24, 2.45) is 11.8 Å². The van der Waals surface area contributed by atoms with Gasteiger partial charge in [-0.25, -0.2) is 0 Å². The maximum absolute atomic E-state index is 14.2. The molecular formula is C30H30ClN3O6. The zero-order chi connectivity index (χ0) is 28.0. The zero-order valence-corrected chi connectivity index (χ0v) is 22.7. The minimum atomic E-state index is -1.38. The third-order valence-corrected chi connectivity index (χ3v) is 8.42. The van der Waals surface area contributed by atoms with Gasteiger partial charge in [-0.05, 0) is 43.3 Å². The highest BCUT2D eigenvalue weighted by Gasteiger charge is 2.71. The smallest absolute Gasteiger partial charge is 0.253 e. The number of β-amino-alcohol motifs (C(OH)–C–C–N with tert-alkyl or cyclic N) is 1. The molecule has 10 heteroatoms. The molecule has 4 aliphatic heterocycles. The van der Waals surface area contributed by atoms with Crippen molar-refractivity contribution in [1.82, 2.24) is 4.90 Å². The van der Waals surface area contributed by atoms with Crippen molar-refractivity contribution in [3.05, 3.63) is 77.9 Å². The molecule has 0 aromatic heterocycles. The number of ether oxygens (including phenoxy) is 2. The van der Waals surface area contributed by atoms with E-state index in [9.17, 15) is 19.5 Å². The summed E-state index contributed by atoms with van der Waals surface area (Å²) in [6, 6.07) is 13.2. The Kier molecular flexibility index (Phi) is 6.90. The van der Waals surface area contributed by atoms with E-state index in [2.05, 4.69) is 0 Å². The molecule has 1 unspecified atom stereocenters. The molecule has 4 heterocycles. The molecule has 6 rings (SSSR count). The molecule has 4 aliphatic rings. The lowest BCUT2D eigenvalue weighted by Crippen LogP contribution is -2.55. The zero-order valence-electron chi connectivity index (χ0n) is 22.0. The SMILES string of the molecule is CCOc1ccc(N2CC=C[C@H]3O[C@]45C=CCN(c6ccccc6Cl)C(=O)C4N(CCO)C(=O)[C@@H]5[C@H]3C2=O)cc1. The largest absolute Gasteiger partial charge is 0.494 e. The van der Waals surface area contributed by atoms with E-state index in [0.29, 0.717) is 35.3 Å². The van der Waals surface area contributed by atoms with E-state index in [1.165, 1.54) is 9.80 Å². The number of hydrogen-bond acceptors (Lipinski definition) is 6. The minimum Gasteiger partial charge on any atom is -0.494 e. The van der Waals surface area contributed by atoms with Gasteiger partial charge in [0.2, 0.25) is 11.8 Å². The highest BCUT2D eigenvalue weighted by molar-refractivity contribution is 6.34. The van der Waals surface area contributed by atoms with Crippen molar-refractivity contribution in [2.45, 2.75) is 24.7 Å². The number of aliphatic hydroxyl groups excluding tert-OH is 1. The summed E-state index contributed by atoms with van der Waals surface area (Å²) < 4.78 is 12.2. The van der Waals surface area contributed by atoms with E-state index in [1.807, 2.05) is 31.2 Å². The molecule has 1 N–H and O–H groups in total. The van der Waals surface area contributed by atoms with Crippen LogP contribution < -0.4 is 14.5 Å². The van der Waals surface area contributed by atoms with E-state index < -0.39 is 29.6 Å². The number of benzene rings is 2. The van der Waals surface area contributed by atoms with E-state index in [-0.39, 0.29) is 37.4 Å². The fourth-order valence-electron chi connectivity index (χ4n) is 6.49. The molecule has 3 amide bonds. The molecule has 2 aromatic rings. The number of halogens is 1. The topological polar surface area (TPSA) is 99.6 Å². The van der Waals surface area contributed by atoms with Crippen LogP contribution in [0, 0.1) is 11.8 Å². The number of nitrogens with zero attached hydrogens (tertiary/aromatic N) is 3. The first-order valence-corrected chi connectivity index (χ1v) is 13.8. The average Bonchev–Trinajstić information content (AvgIpc) is 3.25. The second-order valence-electron chi connectivity index (χ2n) is 10.2. The lowest BCUT2D eigenvalue weighted by molar-refractivity contribution is -0.141. The average molecular weight is 564 g/mol. The molecule has 40 heavy (non-hydrogen) atoms. The fourth-order valence-corrected chi connectivity index (χ4v) is 6.73. The van der Waals surface area contributed by atoms with Crippen LogP contribution in [-0.4, -0.2) is 78.3 Å². The Morgan fingerprint density at radius 2 is 1.75 bits per heavy atom. The van der Waals surface area contributed by atoms with Crippen LogP contribution in [0.5, 0.6) is 5.75 Å². The molecular weight excluding hydrogens is 534 g/mol. The first kappa shape index (κ1) is 26.6. The van der Waals surface area contributed by atoms with Crippen molar-refractivity contribution in [3.8, 4) is 5.75 Å². The highest BCUT2D eigenvalue weighted by atomic mass is 35.5. The Hall–Kier alpha value is -3.66. The lowest BCUT2D eigenvalue weighted by Gasteiger charge is -2.35. The molecule has 0 saturated carbocycles. The van der Waals surface area contributed by atoms with E-state index >= 15 is 0 Å². The molecule has 208 valence electrons. The molecule has 2 aromatic carbocycles. The van der Waals surface area contributed by atoms with Crippen molar-refractivity contribution in [3.63, 3.8) is 0 Å². The van der Waals surface area contributed by atoms with Gasteiger partial charge in [-0.15, -0.1) is 0 Å². The quantitative estimate of drug-likeness (QED) is 0.543. The highest BCUT2D eigenvalue weighted by Crippen LogP contribution is 2.54. The van der Waals surface area contributed by atoms with E-state index in [4.69, 9.17) is 21.1 Å². The van der Waals surface area contributed by atoms with Crippen LogP contribution in [0.25, 0.3) is 0 Å². The molecule has 0 radical (unpaired) electrons. The van der Waals surface area contributed by atoms with Gasteiger partial charge in [-0.3, -0.25) is 14.4 Å². The Balaban J connectivity index is 1.40. The number of rotatable bonds is 6. The Bertz CT molecular complexity index is 1390. The summed E-state index contributed by atoms with van der Waals surface area (Å²) in [7, 11) is 0. The van der Waals surface area contributed by atoms with E-state index in [1.54, 1.807) is 53.5 Å². The van der Waals surface area contributed by atoms with Gasteiger partial charge < -0.3 is 29.3 Å². The van der Waals surface area contributed by atoms with Crippen LogP contribution in [0.4, 0.5) is 11.4 Å². The Morgan fingerprint density at radius 1 is 1.00 bits per heavy atom. The molecule has 9 nitrogen and oxygen atoms in total. The van der Waals surface area contributed by atoms with Crippen molar-refractivity contribution < 1.29 is 29.0 Å². The lowest BCUT2D eigenvalue weighted by atomic mass is 9.77. The molecule has 5 atom stereocenters. The second-order valence-corrected chi connectivity index (χ2v) is 10.6. The monoisotopic (exact) mass is 563 g/mol. The molecule has 2 saturated heterocycles. The van der Waals surface area contributed by atoms with Crippen molar-refractivity contribution in [1.29, 1.82) is 0 Å². The first-order chi connectivity index (χ1) is 19.4. The summed E-state index contributed by atoms with van der Waals surface area (Å²) in [6.07, 6.45) is 6.55. The van der Waals surface area contributed by atoms with E-state index in [0.717, 1.165) is 0 Å². The van der Waals surface area contributed by atoms with Crippen LogP contribution in [0.15, 0.2) is 72.8 Å². The number of hydrogen-bond donors (Lipinski definition) is 1. The van der Waals surface area contributed by atoms with Gasteiger partial charge in [-0.2, -0.15) is 0 Å². The molecule has 1 spiro atoms. The second kappa shape index (κ2) is 10.4. The minimum absolute atomic E-state index is 0.0644. The maximum Gasteiger partial charge on any atom is 0.253 e. The number of carbonyl (C=O) groups excluding carboxylic acids is 3. The summed E-state index contributed by atoms with van der Waals surface area (Å²) in [5, 5.41) is 10.3. The van der Waals surface area contributed by atoms with Gasteiger partial charge in [0.05, 0.1) is 41.9 Å². The number of para-hydroxylation sites is 1. The number of likely N-dealkylation sites (tertiary alicyclic amines) is 1. The number of amides is 3. The van der Waals surface area contributed by atoms with Crippen molar-refractivity contribution >= 4 is 40.7 Å². The van der Waals surface area contributed by atoms with Gasteiger partial charge in [0, 0.05) is 25.3 Å². The maximum atomic E-state index is 14.2. The Morgan fingerprint density at radius 3 is 2.48 bits per heavy atom. The van der Waals surface area contributed by atoms with Gasteiger partial charge in [0.15, 0.2) is 0 Å². The predicted octanol–water partition coefficient (Wildman–Crippen LogP) is 2.82. The standard InChI is InChI=1S/C30H30ClN3O6/c1-2-39-20-12-10-19(11-13-20)32-15-5-9-23-24(27(32)36)25-28(37)34(17-18-35)26-29(38)33(16-6-14-30(25,26)40-23)22-8-4-3-7-21(22)31/h3-14,23-26,35H,2,15-18H2,1H3/t23-,24+,25+,26?,30+/m1/s1. The number of aliphatic hydroxyl groups is 1. The summed E-state index contributed by atoms with van der Waals surface area (Å²) in [6.45, 7) is 2.56. The Labute approximate surface area is 237 Å². The molecule has 2 fully saturated rings. The summed E-state index contributed by atoms with van der Waals surface area (Å²) in [5.41, 5.74) is -0.192. The first-order valence-electron chi connectivity index (χ1n) is 13.4. The number of carbonyl (C=O) groups is 3. The van der Waals surface area contributed by atoms with Crippen LogP contribution in [0.3, 0.4) is 0 Å². The molecule has 0 aliphatic carbocycles. The van der Waals surface area contributed by atoms with Crippen LogP contribution in [-0.2, 0) is 19.1 Å². The van der Waals surface area contributed by atoms with Crippen LogP contribution in [0.1, 0.15) is 6.92 Å². The summed E-state index contributed by atoms with van der Waals surface area (Å²) in [4.78, 5) is 47.0. The third kappa shape index (κ3) is 4.03. The fraction of sp³-hybridized carbons (Fsp3) is 0.367. The third-order valence-electron chi connectivity index (χ3n) is 8.10. The van der Waals surface area contributed by atoms with Crippen molar-refractivity contribution in [2.75, 3.05) is 42.6 Å². The van der Waals surface area contributed by atoms with Gasteiger partial charge in [-0.1, -0.05) is 48.0 Å². The molecule has 0 bridgehead atoms. The van der Waals surface area contributed by atoms with Gasteiger partial charge in [0.25, 0.3) is 5.91 Å². The normalized spacial score (nSPS) is 29.3. The summed E-state index contributed by atoms with van der Waals surface area (Å²) in [5.74, 6) is -2.12. The van der Waals surface area contributed by atoms with Gasteiger partial charge in [0.1, 0.15) is 17.4 Å². The van der Waals surface area contributed by atoms with Crippen LogP contribution >= 0.6 is 11.6 Å². The number of anilines is 2. The van der Waals surface area contributed by atoms with Crippen LogP contribution in [0.2, 0.25) is 5.02 Å². The number of fused-ring (bicyclic) bond motifs is 2. The summed E-state index contributed by atoms with van der Waals surface area (Å²) >= 11 is 6.46. The predicted molar refractivity (Wildman–Crippen MR) is 149 cm³/mol. The van der Waals surface area contributed by atoms with Gasteiger partial charge >= 0.3 is 0 Å².